The molecule has 23 heavy (non-hydrogen) atoms. The molecule has 2 aromatic rings. The first-order valence-corrected chi connectivity index (χ1v) is 8.38. The molecule has 1 aromatic carbocycles. The van der Waals surface area contributed by atoms with Gasteiger partial charge in [0.05, 0.1) is 5.69 Å². The second-order valence-corrected chi connectivity index (χ2v) is 6.83. The van der Waals surface area contributed by atoms with Crippen molar-refractivity contribution in [3.63, 3.8) is 0 Å². The van der Waals surface area contributed by atoms with E-state index in [-0.39, 0.29) is 11.9 Å². The van der Waals surface area contributed by atoms with E-state index in [0.29, 0.717) is 17.5 Å². The maximum absolute atomic E-state index is 12.5. The van der Waals surface area contributed by atoms with Crippen molar-refractivity contribution in [2.75, 3.05) is 0 Å². The largest absolute Gasteiger partial charge is 0.347 e. The molecule has 1 aromatic heterocycles. The Balaban J connectivity index is 1.54. The number of hydrogen-bond acceptors (Lipinski definition) is 3. The zero-order chi connectivity index (χ0) is 15.8. The normalized spacial score (nSPS) is 25.5. The lowest BCUT2D eigenvalue weighted by atomic mass is 9.94. The van der Waals surface area contributed by atoms with Gasteiger partial charge in [-0.15, -0.1) is 5.10 Å². The van der Waals surface area contributed by atoms with Gasteiger partial charge in [-0.25, -0.2) is 0 Å². The molecule has 118 valence electrons. The fraction of sp³-hybridized carbons (Fsp3) is 0.421. The number of aromatic nitrogens is 2. The number of aryl methyl sites for hydroxylation is 1. The first-order chi connectivity index (χ1) is 11.2. The third-order valence-electron chi connectivity index (χ3n) is 5.33. The van der Waals surface area contributed by atoms with E-state index in [4.69, 9.17) is 0 Å². The first-order valence-electron chi connectivity index (χ1n) is 8.38. The Morgan fingerprint density at radius 1 is 1.00 bits per heavy atom. The topological polar surface area (TPSA) is 54.9 Å². The Bertz CT molecular complexity index is 693. The maximum atomic E-state index is 12.5. The Hall–Kier alpha value is -2.23. The van der Waals surface area contributed by atoms with Crippen molar-refractivity contribution >= 4 is 5.91 Å². The van der Waals surface area contributed by atoms with Crippen molar-refractivity contribution in [3.05, 3.63) is 58.9 Å². The summed E-state index contributed by atoms with van der Waals surface area (Å²) in [6, 6.07) is 12.5. The van der Waals surface area contributed by atoms with Crippen LogP contribution in [-0.4, -0.2) is 22.1 Å². The number of rotatable bonds is 2. The van der Waals surface area contributed by atoms with Crippen molar-refractivity contribution < 1.29 is 4.79 Å². The average molecular weight is 307 g/mol. The van der Waals surface area contributed by atoms with Gasteiger partial charge >= 0.3 is 0 Å². The van der Waals surface area contributed by atoms with Crippen LogP contribution in [0.1, 0.15) is 40.2 Å². The lowest BCUT2D eigenvalue weighted by Crippen LogP contribution is -2.42. The monoisotopic (exact) mass is 307 g/mol. The number of benzene rings is 1. The predicted octanol–water partition coefficient (Wildman–Crippen LogP) is 2.71. The van der Waals surface area contributed by atoms with Gasteiger partial charge in [0.2, 0.25) is 0 Å². The van der Waals surface area contributed by atoms with Gasteiger partial charge in [-0.1, -0.05) is 24.3 Å². The van der Waals surface area contributed by atoms with Crippen LogP contribution in [0.2, 0.25) is 0 Å². The minimum absolute atomic E-state index is 0.0923. The highest BCUT2D eigenvalue weighted by molar-refractivity contribution is 5.92. The quantitative estimate of drug-likeness (QED) is 0.928. The molecule has 0 unspecified atom stereocenters. The van der Waals surface area contributed by atoms with E-state index < -0.39 is 0 Å². The molecule has 4 heteroatoms. The molecule has 4 nitrogen and oxygen atoms in total. The number of nitrogens with zero attached hydrogens (tertiary/aromatic N) is 2. The number of carbonyl (C=O) groups excluding carboxylic acids is 1. The van der Waals surface area contributed by atoms with Gasteiger partial charge in [-0.05, 0) is 67.7 Å². The smallest absolute Gasteiger partial charge is 0.272 e. The van der Waals surface area contributed by atoms with E-state index in [2.05, 4.69) is 39.8 Å². The summed E-state index contributed by atoms with van der Waals surface area (Å²) in [6.07, 6.45) is 4.53. The molecule has 0 saturated heterocycles. The van der Waals surface area contributed by atoms with Crippen molar-refractivity contribution in [1.29, 1.82) is 0 Å². The maximum Gasteiger partial charge on any atom is 0.272 e. The van der Waals surface area contributed by atoms with Gasteiger partial charge in [0.1, 0.15) is 0 Å². The molecule has 2 aliphatic rings. The van der Waals surface area contributed by atoms with Crippen LogP contribution in [0, 0.1) is 18.8 Å². The Morgan fingerprint density at radius 3 is 2.22 bits per heavy atom. The second kappa shape index (κ2) is 5.76. The van der Waals surface area contributed by atoms with Crippen LogP contribution in [0.5, 0.6) is 0 Å². The standard InChI is InChI=1S/C19H21N3O/c1-12-6-9-17(22-21-12)19(23)20-18-15-7-8-16(18)11-14-5-3-2-4-13(14)10-15/h2-6,9,15-16,18H,7-8,10-11H2,1H3,(H,20,23)/t15-,16-/m0/s1. The van der Waals surface area contributed by atoms with Gasteiger partial charge < -0.3 is 5.32 Å². The zero-order valence-corrected chi connectivity index (χ0v) is 13.3. The lowest BCUT2D eigenvalue weighted by Gasteiger charge is -2.23. The molecule has 1 amide bonds. The first kappa shape index (κ1) is 14.4. The van der Waals surface area contributed by atoms with Crippen molar-refractivity contribution in [3.8, 4) is 0 Å². The summed E-state index contributed by atoms with van der Waals surface area (Å²) in [7, 11) is 0. The molecule has 0 radical (unpaired) electrons. The minimum atomic E-state index is -0.0923. The summed E-state index contributed by atoms with van der Waals surface area (Å²) in [6.45, 7) is 1.87. The number of amides is 1. The van der Waals surface area contributed by atoms with E-state index in [9.17, 15) is 4.79 Å². The van der Waals surface area contributed by atoms with Crippen molar-refractivity contribution in [2.24, 2.45) is 11.8 Å². The molecular weight excluding hydrogens is 286 g/mol. The van der Waals surface area contributed by atoms with Gasteiger partial charge in [0.25, 0.3) is 5.91 Å². The number of hydrogen-bond donors (Lipinski definition) is 1. The molecule has 0 spiro atoms. The minimum Gasteiger partial charge on any atom is -0.347 e. The van der Waals surface area contributed by atoms with E-state index in [1.165, 1.54) is 24.0 Å². The molecule has 1 fully saturated rings. The summed E-state index contributed by atoms with van der Waals surface area (Å²) in [5, 5.41) is 11.3. The van der Waals surface area contributed by atoms with Gasteiger partial charge in [0, 0.05) is 6.04 Å². The van der Waals surface area contributed by atoms with Gasteiger partial charge in [0.15, 0.2) is 5.69 Å². The summed E-state index contributed by atoms with van der Waals surface area (Å²) >= 11 is 0. The highest BCUT2D eigenvalue weighted by Gasteiger charge is 2.39. The summed E-state index contributed by atoms with van der Waals surface area (Å²) in [5.74, 6) is 0.974. The third kappa shape index (κ3) is 2.74. The molecule has 2 bridgehead atoms. The van der Waals surface area contributed by atoms with Gasteiger partial charge in [-0.3, -0.25) is 4.79 Å². The molecule has 0 aliphatic heterocycles. The van der Waals surface area contributed by atoms with Crippen LogP contribution in [0.4, 0.5) is 0 Å². The van der Waals surface area contributed by atoms with Crippen LogP contribution in [0.25, 0.3) is 0 Å². The number of nitrogens with one attached hydrogen (secondary N) is 1. The predicted molar refractivity (Wildman–Crippen MR) is 88.1 cm³/mol. The summed E-state index contributed by atoms with van der Waals surface area (Å²) in [4.78, 5) is 12.5. The SMILES string of the molecule is Cc1ccc(C(=O)NC2[C@H]3CC[C@H]2Cc2ccccc2C3)nn1. The summed E-state index contributed by atoms with van der Waals surface area (Å²) in [5.41, 5.74) is 4.14. The van der Waals surface area contributed by atoms with Crippen molar-refractivity contribution in [2.45, 2.75) is 38.6 Å². The van der Waals surface area contributed by atoms with E-state index in [0.717, 1.165) is 18.5 Å². The zero-order valence-electron chi connectivity index (χ0n) is 13.3. The Morgan fingerprint density at radius 2 is 1.65 bits per heavy atom. The molecule has 2 aliphatic carbocycles. The van der Waals surface area contributed by atoms with Crippen molar-refractivity contribution in [1.82, 2.24) is 15.5 Å². The average Bonchev–Trinajstić information content (AvgIpc) is 2.82. The highest BCUT2D eigenvalue weighted by atomic mass is 16.2. The Labute approximate surface area is 136 Å². The van der Waals surface area contributed by atoms with E-state index in [1.807, 2.05) is 13.0 Å². The van der Waals surface area contributed by atoms with E-state index in [1.54, 1.807) is 6.07 Å². The highest BCUT2D eigenvalue weighted by Crippen LogP contribution is 2.40. The second-order valence-electron chi connectivity index (χ2n) is 6.83. The molecule has 1 N–H and O–H groups in total. The molecule has 1 saturated carbocycles. The van der Waals surface area contributed by atoms with Crippen LogP contribution >= 0.6 is 0 Å². The molecule has 1 heterocycles. The fourth-order valence-electron chi connectivity index (χ4n) is 4.13. The fourth-order valence-corrected chi connectivity index (χ4v) is 4.13. The number of fused-ring (bicyclic) bond motifs is 3. The van der Waals surface area contributed by atoms with E-state index >= 15 is 0 Å². The lowest BCUT2D eigenvalue weighted by molar-refractivity contribution is 0.0910. The molecule has 2 atom stereocenters. The summed E-state index contributed by atoms with van der Waals surface area (Å²) < 4.78 is 0. The number of carbonyl (C=O) groups is 1. The van der Waals surface area contributed by atoms with Gasteiger partial charge in [-0.2, -0.15) is 5.10 Å². The Kier molecular flexibility index (Phi) is 3.60. The third-order valence-corrected chi connectivity index (χ3v) is 5.33. The molecular formula is C19H21N3O. The van der Waals surface area contributed by atoms with Crippen LogP contribution in [0.15, 0.2) is 36.4 Å². The molecule has 4 rings (SSSR count). The van der Waals surface area contributed by atoms with Crippen LogP contribution in [-0.2, 0) is 12.8 Å². The van der Waals surface area contributed by atoms with Crippen LogP contribution < -0.4 is 5.32 Å². The van der Waals surface area contributed by atoms with Crippen LogP contribution in [0.3, 0.4) is 0 Å².